The van der Waals surface area contributed by atoms with Crippen molar-refractivity contribution in [3.8, 4) is 5.75 Å². The Morgan fingerprint density at radius 2 is 1.37 bits per heavy atom. The first-order chi connectivity index (χ1) is 19.7. The first-order valence-electron chi connectivity index (χ1n) is 13.1. The van der Waals surface area contributed by atoms with Crippen molar-refractivity contribution in [2.45, 2.75) is 18.4 Å². The third kappa shape index (κ3) is 5.66. The Kier molecular flexibility index (Phi) is 8.32. The summed E-state index contributed by atoms with van der Waals surface area (Å²) in [6.45, 7) is 1.98. The lowest BCUT2D eigenvalue weighted by Gasteiger charge is -2.47. The van der Waals surface area contributed by atoms with Gasteiger partial charge < -0.3 is 14.6 Å². The first-order valence-corrected chi connectivity index (χ1v) is 13.8. The van der Waals surface area contributed by atoms with Gasteiger partial charge in [-0.2, -0.15) is 0 Å². The lowest BCUT2D eigenvalue weighted by molar-refractivity contribution is -0.169. The monoisotopic (exact) mass is 586 g/mol. The summed E-state index contributed by atoms with van der Waals surface area (Å²) in [5.74, 6) is -4.32. The van der Waals surface area contributed by atoms with Crippen LogP contribution in [0.3, 0.4) is 0 Å². The highest BCUT2D eigenvalue weighted by atomic mass is 35.5. The van der Waals surface area contributed by atoms with Crippen LogP contribution in [0.1, 0.15) is 28.2 Å². The number of benzene rings is 4. The van der Waals surface area contributed by atoms with Gasteiger partial charge in [0, 0.05) is 16.0 Å². The molecule has 1 N–H and O–H groups in total. The van der Waals surface area contributed by atoms with Gasteiger partial charge in [0.05, 0.1) is 7.11 Å². The van der Waals surface area contributed by atoms with Gasteiger partial charge in [0.15, 0.2) is 0 Å². The maximum absolute atomic E-state index is 14.0. The molecule has 0 heterocycles. The zero-order chi connectivity index (χ0) is 29.1. The van der Waals surface area contributed by atoms with E-state index in [0.717, 1.165) is 16.7 Å². The van der Waals surface area contributed by atoms with E-state index in [2.05, 4.69) is 0 Å². The molecule has 0 bridgehead atoms. The largest absolute Gasteiger partial charge is 0.469 e. The lowest BCUT2D eigenvalue weighted by atomic mass is 9.59. The molecule has 4 atom stereocenters. The molecule has 5 nitrogen and oxygen atoms in total. The molecule has 7 heteroatoms. The van der Waals surface area contributed by atoms with Crippen molar-refractivity contribution < 1.29 is 24.2 Å². The zero-order valence-electron chi connectivity index (χ0n) is 22.5. The number of hydrogen-bond donors (Lipinski definition) is 1. The van der Waals surface area contributed by atoms with Crippen molar-refractivity contribution in [2.75, 3.05) is 7.11 Å². The van der Waals surface area contributed by atoms with E-state index >= 15 is 0 Å². The number of esters is 2. The summed E-state index contributed by atoms with van der Waals surface area (Å²) in [6.07, 6.45) is 1.71. The number of carbonyl (C=O) groups excluding carboxylic acids is 2. The fraction of sp³-hybridized carbons (Fsp3) is 0.176. The SMILES string of the molecule is COC(=O)[C@H]1[C@H](c2ccc(Cl)cc2)C(c2ccc(C)cc2)=C[C@H](C(=O)Oc2ccccc2)[C@]1(O)c1ccc(Cl)cc1. The Morgan fingerprint density at radius 1 is 0.780 bits per heavy atom. The average molecular weight is 587 g/mol. The van der Waals surface area contributed by atoms with E-state index < -0.39 is 35.3 Å². The number of rotatable bonds is 6. The van der Waals surface area contributed by atoms with Crippen LogP contribution in [-0.4, -0.2) is 24.2 Å². The van der Waals surface area contributed by atoms with Crippen LogP contribution in [0, 0.1) is 18.8 Å². The van der Waals surface area contributed by atoms with Crippen molar-refractivity contribution in [3.63, 3.8) is 0 Å². The summed E-state index contributed by atoms with van der Waals surface area (Å²) in [6, 6.07) is 29.9. The molecule has 4 aromatic rings. The fourth-order valence-electron chi connectivity index (χ4n) is 5.54. The van der Waals surface area contributed by atoms with Gasteiger partial charge in [-0.25, -0.2) is 0 Å². The number of allylic oxidation sites excluding steroid dienone is 1. The zero-order valence-corrected chi connectivity index (χ0v) is 24.0. The van der Waals surface area contributed by atoms with Crippen molar-refractivity contribution in [3.05, 3.63) is 142 Å². The molecule has 208 valence electrons. The first kappa shape index (κ1) is 28.6. The lowest BCUT2D eigenvalue weighted by Crippen LogP contribution is -2.54. The molecule has 0 radical (unpaired) electrons. The minimum Gasteiger partial charge on any atom is -0.469 e. The van der Waals surface area contributed by atoms with Crippen LogP contribution in [0.2, 0.25) is 10.0 Å². The highest BCUT2D eigenvalue weighted by Crippen LogP contribution is 2.55. The summed E-state index contributed by atoms with van der Waals surface area (Å²) in [7, 11) is 1.27. The maximum atomic E-state index is 14.0. The Morgan fingerprint density at radius 3 is 1.95 bits per heavy atom. The third-order valence-electron chi connectivity index (χ3n) is 7.55. The van der Waals surface area contributed by atoms with Crippen LogP contribution in [0.5, 0.6) is 5.75 Å². The topological polar surface area (TPSA) is 72.8 Å². The molecular weight excluding hydrogens is 559 g/mol. The number of methoxy groups -OCH3 is 1. The van der Waals surface area contributed by atoms with Crippen molar-refractivity contribution in [1.29, 1.82) is 0 Å². The van der Waals surface area contributed by atoms with Crippen LogP contribution in [0.4, 0.5) is 0 Å². The van der Waals surface area contributed by atoms with E-state index in [9.17, 15) is 14.7 Å². The fourth-order valence-corrected chi connectivity index (χ4v) is 5.79. The minimum absolute atomic E-state index is 0.315. The summed E-state index contributed by atoms with van der Waals surface area (Å²) >= 11 is 12.4. The Bertz CT molecular complexity index is 1560. The highest BCUT2D eigenvalue weighted by Gasteiger charge is 2.59. The summed E-state index contributed by atoms with van der Waals surface area (Å²) in [5, 5.41) is 13.7. The second-order valence-corrected chi connectivity index (χ2v) is 10.9. The minimum atomic E-state index is -2.07. The van der Waals surface area contributed by atoms with E-state index in [1.54, 1.807) is 72.8 Å². The van der Waals surface area contributed by atoms with E-state index in [4.69, 9.17) is 32.7 Å². The molecule has 0 saturated heterocycles. The number of halogens is 2. The molecule has 4 aromatic carbocycles. The highest BCUT2D eigenvalue weighted by molar-refractivity contribution is 6.30. The van der Waals surface area contributed by atoms with Gasteiger partial charge in [-0.05, 0) is 65.6 Å². The molecule has 0 fully saturated rings. The van der Waals surface area contributed by atoms with Gasteiger partial charge in [0.25, 0.3) is 0 Å². The number of para-hydroxylation sites is 1. The van der Waals surface area contributed by atoms with Crippen LogP contribution >= 0.6 is 23.2 Å². The molecule has 0 spiro atoms. The second-order valence-electron chi connectivity index (χ2n) is 10.1. The smallest absolute Gasteiger partial charge is 0.321 e. The third-order valence-corrected chi connectivity index (χ3v) is 8.06. The molecule has 0 aromatic heterocycles. The molecular formula is C34H28Cl2O5. The Labute approximate surface area is 249 Å². The number of hydrogen-bond acceptors (Lipinski definition) is 5. The van der Waals surface area contributed by atoms with E-state index in [1.807, 2.05) is 43.3 Å². The average Bonchev–Trinajstić information content (AvgIpc) is 2.98. The van der Waals surface area contributed by atoms with Gasteiger partial charge >= 0.3 is 11.9 Å². The molecule has 41 heavy (non-hydrogen) atoms. The normalized spacial score (nSPS) is 22.0. The second kappa shape index (κ2) is 11.9. The summed E-state index contributed by atoms with van der Waals surface area (Å²) in [4.78, 5) is 27.8. The predicted octanol–water partition coefficient (Wildman–Crippen LogP) is 7.38. The quantitative estimate of drug-likeness (QED) is 0.188. The number of aliphatic hydroxyl groups is 1. The van der Waals surface area contributed by atoms with Gasteiger partial charge in [0.1, 0.15) is 23.2 Å². The Balaban J connectivity index is 1.80. The van der Waals surface area contributed by atoms with Gasteiger partial charge in [0.2, 0.25) is 0 Å². The van der Waals surface area contributed by atoms with Gasteiger partial charge in [-0.3, -0.25) is 9.59 Å². The van der Waals surface area contributed by atoms with Gasteiger partial charge in [-0.15, -0.1) is 0 Å². The van der Waals surface area contributed by atoms with Gasteiger partial charge in [-0.1, -0.05) is 102 Å². The molecule has 1 aliphatic rings. The molecule has 0 saturated carbocycles. The number of aryl methyl sites for hydroxylation is 1. The van der Waals surface area contributed by atoms with Crippen LogP contribution in [0.25, 0.3) is 5.57 Å². The Hall–Kier alpha value is -3.90. The molecule has 5 rings (SSSR count). The summed E-state index contributed by atoms with van der Waals surface area (Å²) < 4.78 is 11.1. The summed E-state index contributed by atoms with van der Waals surface area (Å²) in [5.41, 5.74) is 1.50. The van der Waals surface area contributed by atoms with E-state index in [-0.39, 0.29) is 0 Å². The number of carbonyl (C=O) groups is 2. The molecule has 0 unspecified atom stereocenters. The number of ether oxygens (including phenoxy) is 2. The molecule has 0 aliphatic heterocycles. The van der Waals surface area contributed by atoms with E-state index in [1.165, 1.54) is 7.11 Å². The molecule has 1 aliphatic carbocycles. The van der Waals surface area contributed by atoms with Crippen molar-refractivity contribution in [2.24, 2.45) is 11.8 Å². The van der Waals surface area contributed by atoms with Crippen molar-refractivity contribution >= 4 is 40.7 Å². The van der Waals surface area contributed by atoms with E-state index in [0.29, 0.717) is 26.9 Å². The predicted molar refractivity (Wildman–Crippen MR) is 160 cm³/mol. The van der Waals surface area contributed by atoms with Crippen LogP contribution in [0.15, 0.2) is 109 Å². The molecule has 0 amide bonds. The van der Waals surface area contributed by atoms with Crippen LogP contribution < -0.4 is 4.74 Å². The maximum Gasteiger partial charge on any atom is 0.321 e. The van der Waals surface area contributed by atoms with Crippen LogP contribution in [-0.2, 0) is 19.9 Å². The standard InChI is InChI=1S/C34H28Cl2O5/c1-21-8-10-22(11-9-21)28-20-29(32(37)41-27-6-4-3-5-7-27)34(39,24-14-18-26(36)19-15-24)31(33(38)40-2)30(28)23-12-16-25(35)17-13-23/h3-20,29-31,39H,1-2H3/t29-,30-,31-,34-/m1/s1. The van der Waals surface area contributed by atoms with Crippen molar-refractivity contribution in [1.82, 2.24) is 0 Å².